The van der Waals surface area contributed by atoms with E-state index in [0.717, 1.165) is 0 Å². The van der Waals surface area contributed by atoms with Crippen molar-refractivity contribution >= 4 is 43.5 Å². The summed E-state index contributed by atoms with van der Waals surface area (Å²) in [5.74, 6) is -0.878. The molecule has 2 N–H and O–H groups in total. The summed E-state index contributed by atoms with van der Waals surface area (Å²) in [7, 11) is -2.26. The van der Waals surface area contributed by atoms with Crippen LogP contribution in [0.5, 0.6) is 0 Å². The van der Waals surface area contributed by atoms with Gasteiger partial charge in [-0.2, -0.15) is 0 Å². The molecule has 0 aliphatic rings. The average molecular weight is 597 g/mol. The van der Waals surface area contributed by atoms with Gasteiger partial charge >= 0.3 is 0 Å². The van der Waals surface area contributed by atoms with Crippen molar-refractivity contribution in [2.24, 2.45) is 0 Å². The molecule has 4 aromatic carbocycles. The van der Waals surface area contributed by atoms with Gasteiger partial charge in [0.2, 0.25) is 10.0 Å². The summed E-state index contributed by atoms with van der Waals surface area (Å²) < 4.78 is 49.3. The third-order valence-electron chi connectivity index (χ3n) is 7.14. The van der Waals surface area contributed by atoms with Crippen LogP contribution < -0.4 is 15.6 Å². The molecule has 6 rings (SSSR count). The second kappa shape index (κ2) is 10.8. The lowest BCUT2D eigenvalue weighted by atomic mass is 9.98. The standard InChI is InChI=1S/C32H25FN4O5S/c1-3-43(40,41)36-27-17-28-25(29(31(38)34-2)30(42-28)19-9-12-21(33)13-10-19)16-23(27)20-11-14-26-24(15-20)32(39)37(18-35-26)22-7-5-4-6-8-22/h4-18,36H,3H2,1-2H3,(H,34,38). The van der Waals surface area contributed by atoms with Crippen LogP contribution in [0.25, 0.3) is 50.0 Å². The molecule has 0 radical (unpaired) electrons. The van der Waals surface area contributed by atoms with Gasteiger partial charge in [-0.05, 0) is 67.1 Å². The van der Waals surface area contributed by atoms with E-state index in [0.29, 0.717) is 38.7 Å². The van der Waals surface area contributed by atoms with Gasteiger partial charge in [-0.15, -0.1) is 0 Å². The minimum Gasteiger partial charge on any atom is -0.455 e. The van der Waals surface area contributed by atoms with Gasteiger partial charge in [0.25, 0.3) is 11.5 Å². The summed E-state index contributed by atoms with van der Waals surface area (Å²) in [4.78, 5) is 31.2. The lowest BCUT2D eigenvalue weighted by Gasteiger charge is -2.14. The van der Waals surface area contributed by atoms with Crippen molar-refractivity contribution in [3.05, 3.63) is 113 Å². The van der Waals surface area contributed by atoms with Crippen molar-refractivity contribution in [1.29, 1.82) is 0 Å². The molecule has 0 unspecified atom stereocenters. The Morgan fingerprint density at radius 1 is 0.953 bits per heavy atom. The fourth-order valence-corrected chi connectivity index (χ4v) is 5.57. The maximum Gasteiger partial charge on any atom is 0.265 e. The maximum atomic E-state index is 13.7. The van der Waals surface area contributed by atoms with Crippen LogP contribution in [0.2, 0.25) is 0 Å². The number of benzene rings is 4. The molecule has 0 aliphatic carbocycles. The van der Waals surface area contributed by atoms with Gasteiger partial charge in [0.15, 0.2) is 0 Å². The van der Waals surface area contributed by atoms with Gasteiger partial charge in [-0.3, -0.25) is 18.9 Å². The van der Waals surface area contributed by atoms with E-state index in [9.17, 15) is 22.4 Å². The number of rotatable bonds is 7. The minimum absolute atomic E-state index is 0.184. The number of aromatic nitrogens is 2. The van der Waals surface area contributed by atoms with Crippen molar-refractivity contribution in [3.8, 4) is 28.1 Å². The van der Waals surface area contributed by atoms with Gasteiger partial charge < -0.3 is 9.73 Å². The van der Waals surface area contributed by atoms with Crippen LogP contribution in [0.1, 0.15) is 17.3 Å². The molecule has 0 spiro atoms. The van der Waals surface area contributed by atoms with E-state index in [2.05, 4.69) is 15.0 Å². The highest BCUT2D eigenvalue weighted by atomic mass is 32.2. The normalized spacial score (nSPS) is 11.6. The summed E-state index contributed by atoms with van der Waals surface area (Å²) in [5.41, 5.74) is 2.84. The van der Waals surface area contributed by atoms with E-state index in [-0.39, 0.29) is 33.9 Å². The van der Waals surface area contributed by atoms with Gasteiger partial charge in [-0.25, -0.2) is 17.8 Å². The Balaban J connectivity index is 1.62. The van der Waals surface area contributed by atoms with Crippen LogP contribution in [0.3, 0.4) is 0 Å². The van der Waals surface area contributed by atoms with E-state index in [1.54, 1.807) is 36.4 Å². The summed E-state index contributed by atoms with van der Waals surface area (Å²) >= 11 is 0. The Labute approximate surface area is 245 Å². The monoisotopic (exact) mass is 596 g/mol. The highest BCUT2D eigenvalue weighted by Gasteiger charge is 2.25. The van der Waals surface area contributed by atoms with Gasteiger partial charge in [0.1, 0.15) is 23.5 Å². The second-order valence-corrected chi connectivity index (χ2v) is 11.8. The molecule has 6 aromatic rings. The molecular formula is C32H25FN4O5S. The Hall–Kier alpha value is -5.29. The number of nitrogens with zero attached hydrogens (tertiary/aromatic N) is 2. The molecular weight excluding hydrogens is 571 g/mol. The summed E-state index contributed by atoms with van der Waals surface area (Å²) in [6.45, 7) is 1.51. The summed E-state index contributed by atoms with van der Waals surface area (Å²) in [6, 6.07) is 22.8. The van der Waals surface area contributed by atoms with Crippen molar-refractivity contribution in [2.75, 3.05) is 17.5 Å². The van der Waals surface area contributed by atoms with Crippen LogP contribution in [-0.2, 0) is 10.0 Å². The van der Waals surface area contributed by atoms with Crippen LogP contribution >= 0.6 is 0 Å². The highest BCUT2D eigenvalue weighted by molar-refractivity contribution is 7.92. The van der Waals surface area contributed by atoms with E-state index in [1.165, 1.54) is 55.2 Å². The molecule has 0 bridgehead atoms. The SMILES string of the molecule is CCS(=O)(=O)Nc1cc2oc(-c3ccc(F)cc3)c(C(=O)NC)c2cc1-c1ccc2ncn(-c3ccccc3)c(=O)c2c1. The molecule has 11 heteroatoms. The smallest absolute Gasteiger partial charge is 0.265 e. The number of hydrogen-bond acceptors (Lipinski definition) is 6. The lowest BCUT2D eigenvalue weighted by Crippen LogP contribution is -2.19. The van der Waals surface area contributed by atoms with E-state index in [4.69, 9.17) is 4.42 Å². The van der Waals surface area contributed by atoms with E-state index < -0.39 is 21.7 Å². The summed E-state index contributed by atoms with van der Waals surface area (Å²) in [5, 5.41) is 3.34. The first-order valence-electron chi connectivity index (χ1n) is 13.4. The predicted molar refractivity (Wildman–Crippen MR) is 164 cm³/mol. The number of nitrogens with one attached hydrogen (secondary N) is 2. The fraction of sp³-hybridized carbons (Fsp3) is 0.0938. The molecule has 0 saturated carbocycles. The zero-order valence-corrected chi connectivity index (χ0v) is 23.9. The number of sulfonamides is 1. The van der Waals surface area contributed by atoms with Crippen LogP contribution in [0.4, 0.5) is 10.1 Å². The molecule has 2 heterocycles. The average Bonchev–Trinajstić information content (AvgIpc) is 3.39. The van der Waals surface area contributed by atoms with Gasteiger partial charge in [0, 0.05) is 29.6 Å². The number of amides is 1. The van der Waals surface area contributed by atoms with Crippen molar-refractivity contribution in [1.82, 2.24) is 14.9 Å². The number of fused-ring (bicyclic) bond motifs is 2. The van der Waals surface area contributed by atoms with Crippen LogP contribution in [0.15, 0.2) is 100 Å². The number of para-hydroxylation sites is 1. The van der Waals surface area contributed by atoms with Crippen LogP contribution in [-0.4, -0.2) is 36.7 Å². The molecule has 0 fully saturated rings. The molecule has 0 atom stereocenters. The number of carbonyl (C=O) groups is 1. The zero-order chi connectivity index (χ0) is 30.3. The predicted octanol–water partition coefficient (Wildman–Crippen LogP) is 5.73. The quantitative estimate of drug-likeness (QED) is 0.243. The number of carbonyl (C=O) groups excluding carboxylic acids is 1. The lowest BCUT2D eigenvalue weighted by molar-refractivity contribution is 0.0964. The van der Waals surface area contributed by atoms with Gasteiger partial charge in [0.05, 0.1) is 33.6 Å². The van der Waals surface area contributed by atoms with Crippen molar-refractivity contribution in [3.63, 3.8) is 0 Å². The largest absolute Gasteiger partial charge is 0.455 e. The third kappa shape index (κ3) is 5.15. The topological polar surface area (TPSA) is 123 Å². The molecule has 216 valence electrons. The van der Waals surface area contributed by atoms with Crippen molar-refractivity contribution < 1.29 is 22.0 Å². The Kier molecular flexibility index (Phi) is 7.02. The Morgan fingerprint density at radius 2 is 1.67 bits per heavy atom. The van der Waals surface area contributed by atoms with E-state index in [1.807, 2.05) is 18.2 Å². The third-order valence-corrected chi connectivity index (χ3v) is 8.43. The highest BCUT2D eigenvalue weighted by Crippen LogP contribution is 2.40. The molecule has 2 aromatic heterocycles. The molecule has 1 amide bonds. The first kappa shape index (κ1) is 27.9. The van der Waals surface area contributed by atoms with Gasteiger partial charge in [-0.1, -0.05) is 24.3 Å². The maximum absolute atomic E-state index is 13.7. The van der Waals surface area contributed by atoms with E-state index >= 15 is 0 Å². The summed E-state index contributed by atoms with van der Waals surface area (Å²) in [6.07, 6.45) is 1.46. The molecule has 43 heavy (non-hydrogen) atoms. The Bertz CT molecular complexity index is 2190. The minimum atomic E-state index is -3.74. The molecule has 0 saturated heterocycles. The van der Waals surface area contributed by atoms with Crippen LogP contribution in [0, 0.1) is 5.82 Å². The number of anilines is 1. The second-order valence-electron chi connectivity index (χ2n) is 9.78. The number of hydrogen-bond donors (Lipinski definition) is 2. The first-order chi connectivity index (χ1) is 20.7. The first-order valence-corrected chi connectivity index (χ1v) is 15.0. The van der Waals surface area contributed by atoms with Crippen molar-refractivity contribution in [2.45, 2.75) is 6.92 Å². The number of halogens is 1. The number of furan rings is 1. The fourth-order valence-electron chi connectivity index (χ4n) is 4.92. The molecule has 0 aliphatic heterocycles. The Morgan fingerprint density at radius 3 is 2.37 bits per heavy atom. The molecule has 9 nitrogen and oxygen atoms in total. The zero-order valence-electron chi connectivity index (χ0n) is 23.1.